The van der Waals surface area contributed by atoms with Gasteiger partial charge in [-0.2, -0.15) is 0 Å². The number of aromatic nitrogens is 3. The highest BCUT2D eigenvalue weighted by Crippen LogP contribution is 2.17. The van der Waals surface area contributed by atoms with Gasteiger partial charge in [-0.15, -0.1) is 5.10 Å². The molecule has 1 fully saturated rings. The lowest BCUT2D eigenvalue weighted by molar-refractivity contribution is 0.340. The highest BCUT2D eigenvalue weighted by atomic mass is 15.4. The van der Waals surface area contributed by atoms with Crippen molar-refractivity contribution in [3.05, 3.63) is 11.9 Å². The van der Waals surface area contributed by atoms with E-state index in [0.29, 0.717) is 12.1 Å². The number of nitrogens with zero attached hydrogens (tertiary/aromatic N) is 3. The van der Waals surface area contributed by atoms with E-state index in [0.717, 1.165) is 25.1 Å². The fraction of sp³-hybridized carbons (Fsp3) is 0.846. The maximum absolute atomic E-state index is 5.90. The van der Waals surface area contributed by atoms with E-state index in [2.05, 4.69) is 36.4 Å². The Bertz CT molecular complexity index is 371. The lowest BCUT2D eigenvalue weighted by Crippen LogP contribution is -2.37. The quantitative estimate of drug-likeness (QED) is 0.852. The van der Waals surface area contributed by atoms with Crippen molar-refractivity contribution in [2.45, 2.75) is 70.6 Å². The molecule has 0 spiro atoms. The molecule has 0 aromatic carbocycles. The second-order valence-electron chi connectivity index (χ2n) is 6.32. The van der Waals surface area contributed by atoms with Gasteiger partial charge < -0.3 is 11.1 Å². The van der Waals surface area contributed by atoms with Crippen LogP contribution in [0.2, 0.25) is 0 Å². The number of rotatable bonds is 3. The summed E-state index contributed by atoms with van der Waals surface area (Å²) >= 11 is 0. The largest absolute Gasteiger partial charge is 0.328 e. The Labute approximate surface area is 109 Å². The second-order valence-corrected chi connectivity index (χ2v) is 6.32. The summed E-state index contributed by atoms with van der Waals surface area (Å²) in [7, 11) is 0. The van der Waals surface area contributed by atoms with Gasteiger partial charge in [0.15, 0.2) is 0 Å². The molecule has 1 aromatic heterocycles. The van der Waals surface area contributed by atoms with Crippen LogP contribution in [0.4, 0.5) is 0 Å². The van der Waals surface area contributed by atoms with Crippen LogP contribution in [0.25, 0.3) is 0 Å². The first kappa shape index (κ1) is 13.5. The predicted octanol–water partition coefficient (Wildman–Crippen LogP) is 1.39. The van der Waals surface area contributed by atoms with Crippen LogP contribution < -0.4 is 11.1 Å². The molecule has 5 nitrogen and oxygen atoms in total. The fourth-order valence-corrected chi connectivity index (χ4v) is 2.28. The minimum absolute atomic E-state index is 0.00284. The van der Waals surface area contributed by atoms with Gasteiger partial charge in [0.25, 0.3) is 0 Å². The molecule has 3 N–H and O–H groups in total. The molecule has 0 aliphatic heterocycles. The standard InChI is InChI=1S/C13H25N5/c1-13(2,3)18-9-12(16-17-18)8-15-11-6-4-10(14)5-7-11/h9-11,15H,4-8,14H2,1-3H3. The van der Waals surface area contributed by atoms with Gasteiger partial charge in [0, 0.05) is 18.6 Å². The van der Waals surface area contributed by atoms with E-state index in [1.165, 1.54) is 12.8 Å². The van der Waals surface area contributed by atoms with Gasteiger partial charge >= 0.3 is 0 Å². The molecule has 102 valence electrons. The Balaban J connectivity index is 1.82. The molecule has 1 saturated carbocycles. The van der Waals surface area contributed by atoms with E-state index in [-0.39, 0.29) is 5.54 Å². The van der Waals surface area contributed by atoms with Gasteiger partial charge in [0.1, 0.15) is 0 Å². The van der Waals surface area contributed by atoms with E-state index in [9.17, 15) is 0 Å². The fourth-order valence-electron chi connectivity index (χ4n) is 2.28. The maximum Gasteiger partial charge on any atom is 0.0965 e. The molecule has 0 radical (unpaired) electrons. The third-order valence-corrected chi connectivity index (χ3v) is 3.57. The molecule has 1 heterocycles. The predicted molar refractivity (Wildman–Crippen MR) is 72.1 cm³/mol. The van der Waals surface area contributed by atoms with Gasteiger partial charge in [-0.1, -0.05) is 5.21 Å². The van der Waals surface area contributed by atoms with Crippen LogP contribution in [0.15, 0.2) is 6.20 Å². The summed E-state index contributed by atoms with van der Waals surface area (Å²) in [5.74, 6) is 0. The van der Waals surface area contributed by atoms with Crippen LogP contribution in [-0.4, -0.2) is 27.1 Å². The van der Waals surface area contributed by atoms with Crippen molar-refractivity contribution in [3.8, 4) is 0 Å². The first-order valence-corrected chi connectivity index (χ1v) is 6.86. The van der Waals surface area contributed by atoms with Crippen molar-refractivity contribution in [1.82, 2.24) is 20.3 Å². The Kier molecular flexibility index (Phi) is 4.02. The van der Waals surface area contributed by atoms with E-state index in [1.54, 1.807) is 0 Å². The number of nitrogens with one attached hydrogen (secondary N) is 1. The van der Waals surface area contributed by atoms with Crippen LogP contribution in [-0.2, 0) is 12.1 Å². The third-order valence-electron chi connectivity index (χ3n) is 3.57. The molecule has 18 heavy (non-hydrogen) atoms. The van der Waals surface area contributed by atoms with Crippen molar-refractivity contribution < 1.29 is 0 Å². The number of hydrogen-bond acceptors (Lipinski definition) is 4. The molecule has 0 bridgehead atoms. The molecular formula is C13H25N5. The highest BCUT2D eigenvalue weighted by Gasteiger charge is 2.19. The second kappa shape index (κ2) is 5.36. The summed E-state index contributed by atoms with van der Waals surface area (Å²) in [6.07, 6.45) is 6.64. The molecule has 5 heteroatoms. The Morgan fingerprint density at radius 3 is 2.56 bits per heavy atom. The van der Waals surface area contributed by atoms with Crippen LogP contribution in [0.1, 0.15) is 52.1 Å². The van der Waals surface area contributed by atoms with Crippen LogP contribution in [0.3, 0.4) is 0 Å². The first-order valence-electron chi connectivity index (χ1n) is 6.86. The minimum Gasteiger partial charge on any atom is -0.328 e. The molecule has 2 rings (SSSR count). The summed E-state index contributed by atoms with van der Waals surface area (Å²) in [6.45, 7) is 7.18. The van der Waals surface area contributed by atoms with E-state index < -0.39 is 0 Å². The Morgan fingerprint density at radius 1 is 1.33 bits per heavy atom. The van der Waals surface area contributed by atoms with Crippen molar-refractivity contribution in [2.75, 3.05) is 0 Å². The average molecular weight is 251 g/mol. The van der Waals surface area contributed by atoms with Crippen molar-refractivity contribution in [1.29, 1.82) is 0 Å². The van der Waals surface area contributed by atoms with Crippen LogP contribution >= 0.6 is 0 Å². The molecule has 0 atom stereocenters. The summed E-state index contributed by atoms with van der Waals surface area (Å²) in [5, 5.41) is 11.9. The lowest BCUT2D eigenvalue weighted by atomic mass is 9.92. The van der Waals surface area contributed by atoms with Gasteiger partial charge in [0.2, 0.25) is 0 Å². The van der Waals surface area contributed by atoms with Crippen molar-refractivity contribution >= 4 is 0 Å². The monoisotopic (exact) mass is 251 g/mol. The molecule has 1 aliphatic rings. The summed E-state index contributed by atoms with van der Waals surface area (Å²) in [5.41, 5.74) is 6.92. The molecule has 0 amide bonds. The van der Waals surface area contributed by atoms with E-state index in [1.807, 2.05) is 10.9 Å². The van der Waals surface area contributed by atoms with Gasteiger partial charge in [-0.3, -0.25) is 0 Å². The van der Waals surface area contributed by atoms with Gasteiger partial charge in [-0.05, 0) is 46.5 Å². The lowest BCUT2D eigenvalue weighted by Gasteiger charge is -2.26. The Hall–Kier alpha value is -0.940. The smallest absolute Gasteiger partial charge is 0.0965 e. The van der Waals surface area contributed by atoms with Gasteiger partial charge in [-0.25, -0.2) is 4.68 Å². The molecule has 1 aromatic rings. The summed E-state index contributed by atoms with van der Waals surface area (Å²) in [4.78, 5) is 0. The minimum atomic E-state index is 0.00284. The van der Waals surface area contributed by atoms with Crippen LogP contribution in [0, 0.1) is 0 Å². The number of hydrogen-bond donors (Lipinski definition) is 2. The molecule has 0 unspecified atom stereocenters. The Morgan fingerprint density at radius 2 is 2.00 bits per heavy atom. The molecule has 1 aliphatic carbocycles. The zero-order chi connectivity index (χ0) is 13.2. The van der Waals surface area contributed by atoms with E-state index >= 15 is 0 Å². The molecule has 0 saturated heterocycles. The van der Waals surface area contributed by atoms with Crippen molar-refractivity contribution in [3.63, 3.8) is 0 Å². The summed E-state index contributed by atoms with van der Waals surface area (Å²) in [6, 6.07) is 0.995. The topological polar surface area (TPSA) is 68.8 Å². The molecular weight excluding hydrogens is 226 g/mol. The summed E-state index contributed by atoms with van der Waals surface area (Å²) < 4.78 is 1.92. The third kappa shape index (κ3) is 3.53. The highest BCUT2D eigenvalue weighted by molar-refractivity contribution is 4.95. The maximum atomic E-state index is 5.90. The number of nitrogens with two attached hydrogens (primary N) is 1. The zero-order valence-corrected chi connectivity index (χ0v) is 11.7. The normalized spacial score (nSPS) is 25.3. The SMILES string of the molecule is CC(C)(C)n1cc(CNC2CCC(N)CC2)nn1. The average Bonchev–Trinajstić information content (AvgIpc) is 2.77. The zero-order valence-electron chi connectivity index (χ0n) is 11.7. The van der Waals surface area contributed by atoms with Crippen LogP contribution in [0.5, 0.6) is 0 Å². The van der Waals surface area contributed by atoms with E-state index in [4.69, 9.17) is 5.73 Å². The van der Waals surface area contributed by atoms with Gasteiger partial charge in [0.05, 0.1) is 17.4 Å². The first-order chi connectivity index (χ1) is 8.45. The van der Waals surface area contributed by atoms with Crippen molar-refractivity contribution in [2.24, 2.45) is 5.73 Å².